The van der Waals surface area contributed by atoms with Gasteiger partial charge in [-0.1, -0.05) is 0 Å². The van der Waals surface area contributed by atoms with E-state index in [1.54, 1.807) is 11.3 Å². The van der Waals surface area contributed by atoms with Crippen molar-refractivity contribution in [3.63, 3.8) is 0 Å². The van der Waals surface area contributed by atoms with Crippen LogP contribution >= 0.6 is 11.3 Å². The van der Waals surface area contributed by atoms with Gasteiger partial charge in [-0.05, 0) is 32.9 Å². The lowest BCUT2D eigenvalue weighted by molar-refractivity contribution is 0.624. The van der Waals surface area contributed by atoms with Gasteiger partial charge in [-0.2, -0.15) is 0 Å². The van der Waals surface area contributed by atoms with Gasteiger partial charge in [0.2, 0.25) is 0 Å². The third kappa shape index (κ3) is 4.69. The second-order valence-corrected chi connectivity index (χ2v) is 4.42. The number of aryl methyl sites for hydroxylation is 1. The van der Waals surface area contributed by atoms with Crippen LogP contribution in [-0.4, -0.2) is 24.6 Å². The SMILES string of the molecule is Cc1nc(CCNCCCCN)cs1. The van der Waals surface area contributed by atoms with Crippen molar-refractivity contribution >= 4 is 11.3 Å². The number of nitrogens with two attached hydrogens (primary N) is 1. The lowest BCUT2D eigenvalue weighted by Crippen LogP contribution is -2.19. The van der Waals surface area contributed by atoms with Crippen molar-refractivity contribution < 1.29 is 0 Å². The standard InChI is InChI=1S/C10H19N3S/c1-9-13-10(8-14-9)4-7-12-6-3-2-5-11/h8,12H,2-7,11H2,1H3. The van der Waals surface area contributed by atoms with E-state index in [9.17, 15) is 0 Å². The molecule has 0 spiro atoms. The summed E-state index contributed by atoms with van der Waals surface area (Å²) in [6.07, 6.45) is 3.32. The zero-order chi connectivity index (χ0) is 10.2. The molecule has 0 fully saturated rings. The summed E-state index contributed by atoms with van der Waals surface area (Å²) in [5, 5.41) is 6.68. The van der Waals surface area contributed by atoms with Gasteiger partial charge in [-0.15, -0.1) is 11.3 Å². The van der Waals surface area contributed by atoms with Gasteiger partial charge in [0, 0.05) is 18.3 Å². The van der Waals surface area contributed by atoms with E-state index in [2.05, 4.69) is 15.7 Å². The highest BCUT2D eigenvalue weighted by Crippen LogP contribution is 2.07. The van der Waals surface area contributed by atoms with E-state index in [1.807, 2.05) is 6.92 Å². The van der Waals surface area contributed by atoms with Crippen LogP contribution < -0.4 is 11.1 Å². The first-order valence-electron chi connectivity index (χ1n) is 5.14. The van der Waals surface area contributed by atoms with Crippen LogP contribution in [0.25, 0.3) is 0 Å². The van der Waals surface area contributed by atoms with Gasteiger partial charge in [0.1, 0.15) is 0 Å². The molecular formula is C10H19N3S. The third-order valence-electron chi connectivity index (χ3n) is 2.03. The highest BCUT2D eigenvalue weighted by atomic mass is 32.1. The Labute approximate surface area is 89.7 Å². The fraction of sp³-hybridized carbons (Fsp3) is 0.700. The van der Waals surface area contributed by atoms with Crippen molar-refractivity contribution in [3.05, 3.63) is 16.1 Å². The smallest absolute Gasteiger partial charge is 0.0897 e. The van der Waals surface area contributed by atoms with Gasteiger partial charge < -0.3 is 11.1 Å². The normalized spacial score (nSPS) is 10.7. The molecule has 14 heavy (non-hydrogen) atoms. The first-order valence-corrected chi connectivity index (χ1v) is 6.02. The average Bonchev–Trinajstić information content (AvgIpc) is 2.58. The number of nitrogens with zero attached hydrogens (tertiary/aromatic N) is 1. The van der Waals surface area contributed by atoms with Crippen LogP contribution in [-0.2, 0) is 6.42 Å². The maximum Gasteiger partial charge on any atom is 0.0897 e. The van der Waals surface area contributed by atoms with Gasteiger partial charge in [-0.3, -0.25) is 0 Å². The number of thiazole rings is 1. The Morgan fingerprint density at radius 3 is 2.93 bits per heavy atom. The van der Waals surface area contributed by atoms with Gasteiger partial charge in [0.15, 0.2) is 0 Å². The molecular weight excluding hydrogens is 194 g/mol. The second kappa shape index (κ2) is 6.92. The lowest BCUT2D eigenvalue weighted by Gasteiger charge is -2.01. The van der Waals surface area contributed by atoms with Crippen LogP contribution in [0.1, 0.15) is 23.5 Å². The number of aromatic nitrogens is 1. The molecule has 1 heterocycles. The molecule has 0 saturated carbocycles. The minimum Gasteiger partial charge on any atom is -0.330 e. The quantitative estimate of drug-likeness (QED) is 0.672. The van der Waals surface area contributed by atoms with Crippen molar-refractivity contribution in [1.29, 1.82) is 0 Å². The van der Waals surface area contributed by atoms with Gasteiger partial charge in [0.05, 0.1) is 10.7 Å². The van der Waals surface area contributed by atoms with Crippen LogP contribution in [0.5, 0.6) is 0 Å². The minimum atomic E-state index is 0.799. The first-order chi connectivity index (χ1) is 6.83. The zero-order valence-corrected chi connectivity index (χ0v) is 9.57. The Hall–Kier alpha value is -0.450. The molecule has 0 atom stereocenters. The number of hydrogen-bond donors (Lipinski definition) is 2. The predicted octanol–water partition coefficient (Wildman–Crippen LogP) is 1.32. The summed E-state index contributed by atoms with van der Waals surface area (Å²) in [6, 6.07) is 0. The molecule has 0 bridgehead atoms. The van der Waals surface area contributed by atoms with Crippen LogP contribution in [0, 0.1) is 6.92 Å². The molecule has 3 N–H and O–H groups in total. The Morgan fingerprint density at radius 1 is 1.43 bits per heavy atom. The van der Waals surface area contributed by atoms with Crippen LogP contribution in [0.3, 0.4) is 0 Å². The maximum absolute atomic E-state index is 5.40. The molecule has 80 valence electrons. The first kappa shape index (κ1) is 11.6. The summed E-state index contributed by atoms with van der Waals surface area (Å²) < 4.78 is 0. The monoisotopic (exact) mass is 213 g/mol. The minimum absolute atomic E-state index is 0.799. The zero-order valence-electron chi connectivity index (χ0n) is 8.75. The predicted molar refractivity (Wildman–Crippen MR) is 61.7 cm³/mol. The van der Waals surface area contributed by atoms with Crippen molar-refractivity contribution in [2.75, 3.05) is 19.6 Å². The highest BCUT2D eigenvalue weighted by Gasteiger charge is 1.96. The number of hydrogen-bond acceptors (Lipinski definition) is 4. The van der Waals surface area contributed by atoms with E-state index in [1.165, 1.54) is 12.1 Å². The lowest BCUT2D eigenvalue weighted by atomic mass is 10.3. The summed E-state index contributed by atoms with van der Waals surface area (Å²) in [5.74, 6) is 0. The maximum atomic E-state index is 5.40. The third-order valence-corrected chi connectivity index (χ3v) is 2.85. The molecule has 0 radical (unpaired) electrons. The largest absolute Gasteiger partial charge is 0.330 e. The van der Waals surface area contributed by atoms with Crippen molar-refractivity contribution in [2.45, 2.75) is 26.2 Å². The Morgan fingerprint density at radius 2 is 2.29 bits per heavy atom. The van der Waals surface area contributed by atoms with E-state index in [-0.39, 0.29) is 0 Å². The summed E-state index contributed by atoms with van der Waals surface area (Å²) in [5.41, 5.74) is 6.61. The molecule has 1 aromatic rings. The van der Waals surface area contributed by atoms with Crippen LogP contribution in [0.4, 0.5) is 0 Å². The molecule has 3 nitrogen and oxygen atoms in total. The van der Waals surface area contributed by atoms with Crippen LogP contribution in [0.15, 0.2) is 5.38 Å². The summed E-state index contributed by atoms with van der Waals surface area (Å²) in [6.45, 7) is 4.93. The average molecular weight is 213 g/mol. The highest BCUT2D eigenvalue weighted by molar-refractivity contribution is 7.09. The molecule has 0 aliphatic heterocycles. The molecule has 1 aromatic heterocycles. The Balaban J connectivity index is 1.99. The van der Waals surface area contributed by atoms with Crippen molar-refractivity contribution in [2.24, 2.45) is 5.73 Å². The summed E-state index contributed by atoms with van der Waals surface area (Å²) in [4.78, 5) is 4.40. The molecule has 4 heteroatoms. The molecule has 0 aromatic carbocycles. The molecule has 0 aliphatic rings. The van der Waals surface area contributed by atoms with Crippen LogP contribution in [0.2, 0.25) is 0 Å². The van der Waals surface area contributed by atoms with Gasteiger partial charge >= 0.3 is 0 Å². The van der Waals surface area contributed by atoms with Crippen molar-refractivity contribution in [3.8, 4) is 0 Å². The number of rotatable bonds is 7. The Bertz CT molecular complexity index is 247. The Kier molecular flexibility index (Phi) is 5.75. The van der Waals surface area contributed by atoms with Crippen molar-refractivity contribution in [1.82, 2.24) is 10.3 Å². The van der Waals surface area contributed by atoms with E-state index in [0.717, 1.165) is 37.5 Å². The number of nitrogens with one attached hydrogen (secondary N) is 1. The molecule has 0 unspecified atom stereocenters. The molecule has 0 amide bonds. The fourth-order valence-corrected chi connectivity index (χ4v) is 1.91. The summed E-state index contributed by atoms with van der Waals surface area (Å²) >= 11 is 1.72. The van der Waals surface area contributed by atoms with E-state index < -0.39 is 0 Å². The molecule has 1 rings (SSSR count). The fourth-order valence-electron chi connectivity index (χ4n) is 1.26. The summed E-state index contributed by atoms with van der Waals surface area (Å²) in [7, 11) is 0. The topological polar surface area (TPSA) is 50.9 Å². The van der Waals surface area contributed by atoms with Gasteiger partial charge in [-0.25, -0.2) is 4.98 Å². The van der Waals surface area contributed by atoms with Gasteiger partial charge in [0.25, 0.3) is 0 Å². The molecule has 0 saturated heterocycles. The van der Waals surface area contributed by atoms with E-state index in [0.29, 0.717) is 0 Å². The van der Waals surface area contributed by atoms with E-state index in [4.69, 9.17) is 5.73 Å². The number of unbranched alkanes of at least 4 members (excludes halogenated alkanes) is 1. The molecule has 0 aliphatic carbocycles. The second-order valence-electron chi connectivity index (χ2n) is 3.35. The van der Waals surface area contributed by atoms with E-state index >= 15 is 0 Å².